The van der Waals surface area contributed by atoms with Gasteiger partial charge in [0.15, 0.2) is 6.10 Å². The molecule has 2 aromatic rings. The van der Waals surface area contributed by atoms with E-state index in [0.29, 0.717) is 18.0 Å². The van der Waals surface area contributed by atoms with E-state index in [1.807, 2.05) is 6.92 Å². The molecule has 0 aromatic heterocycles. The summed E-state index contributed by atoms with van der Waals surface area (Å²) in [4.78, 5) is 24.9. The largest absolute Gasteiger partial charge is 0.492 e. The molecule has 0 bridgehead atoms. The first-order valence-electron chi connectivity index (χ1n) is 9.03. The summed E-state index contributed by atoms with van der Waals surface area (Å²) in [5.74, 6) is -1.02. The van der Waals surface area contributed by atoms with Crippen LogP contribution >= 0.6 is 11.6 Å². The average Bonchev–Trinajstić information content (AvgIpc) is 2.69. The highest BCUT2D eigenvalue weighted by molar-refractivity contribution is 7.89. The molecule has 1 amide bonds. The molecule has 10 heteroatoms. The summed E-state index contributed by atoms with van der Waals surface area (Å²) >= 11 is 6.04. The molecule has 1 atom stereocenters. The van der Waals surface area contributed by atoms with Crippen molar-refractivity contribution in [2.45, 2.75) is 24.8 Å². The summed E-state index contributed by atoms with van der Waals surface area (Å²) in [6.45, 7) is 3.63. The number of rotatable bonds is 8. The second kappa shape index (κ2) is 9.92. The molecule has 0 saturated heterocycles. The summed E-state index contributed by atoms with van der Waals surface area (Å²) in [7, 11) is -1.03. The molecule has 0 aliphatic carbocycles. The van der Waals surface area contributed by atoms with E-state index in [4.69, 9.17) is 21.1 Å². The number of anilines is 1. The lowest BCUT2D eigenvalue weighted by molar-refractivity contribution is -0.123. The summed E-state index contributed by atoms with van der Waals surface area (Å²) < 4.78 is 36.2. The van der Waals surface area contributed by atoms with Gasteiger partial charge in [-0.05, 0) is 44.2 Å². The van der Waals surface area contributed by atoms with E-state index >= 15 is 0 Å². The van der Waals surface area contributed by atoms with Crippen molar-refractivity contribution in [3.05, 3.63) is 53.1 Å². The third-order valence-electron chi connectivity index (χ3n) is 4.03. The van der Waals surface area contributed by atoms with Crippen LogP contribution in [0, 0.1) is 0 Å². The number of nitrogens with zero attached hydrogens (tertiary/aromatic N) is 1. The van der Waals surface area contributed by atoms with E-state index in [2.05, 4.69) is 5.32 Å². The Balaban J connectivity index is 2.17. The number of sulfonamides is 1. The number of amides is 1. The summed E-state index contributed by atoms with van der Waals surface area (Å²) in [6.07, 6.45) is -1.17. The van der Waals surface area contributed by atoms with Gasteiger partial charge in [0.1, 0.15) is 5.75 Å². The van der Waals surface area contributed by atoms with Gasteiger partial charge in [-0.15, -0.1) is 0 Å². The highest BCUT2D eigenvalue weighted by Gasteiger charge is 2.24. The van der Waals surface area contributed by atoms with Gasteiger partial charge in [0, 0.05) is 14.1 Å². The predicted octanol–water partition coefficient (Wildman–Crippen LogP) is 3.17. The van der Waals surface area contributed by atoms with Crippen LogP contribution in [0.25, 0.3) is 0 Å². The molecule has 0 radical (unpaired) electrons. The second-order valence-corrected chi connectivity index (χ2v) is 8.95. The maximum Gasteiger partial charge on any atom is 0.340 e. The third-order valence-corrected chi connectivity index (χ3v) is 6.17. The Morgan fingerprint density at radius 3 is 2.47 bits per heavy atom. The first kappa shape index (κ1) is 23.7. The lowest BCUT2D eigenvalue weighted by Crippen LogP contribution is -2.30. The minimum absolute atomic E-state index is 0.00649. The van der Waals surface area contributed by atoms with Gasteiger partial charge in [-0.2, -0.15) is 0 Å². The average molecular weight is 455 g/mol. The number of carbonyl (C=O) groups excluding carboxylic acids is 2. The molecular weight excluding hydrogens is 432 g/mol. The van der Waals surface area contributed by atoms with E-state index in [0.717, 1.165) is 10.4 Å². The molecule has 0 aliphatic rings. The van der Waals surface area contributed by atoms with Crippen LogP contribution in [0.1, 0.15) is 24.2 Å². The van der Waals surface area contributed by atoms with Crippen LogP contribution in [0.15, 0.2) is 47.4 Å². The smallest absolute Gasteiger partial charge is 0.340 e. The van der Waals surface area contributed by atoms with Crippen molar-refractivity contribution >= 4 is 39.2 Å². The van der Waals surface area contributed by atoms with Crippen molar-refractivity contribution in [2.75, 3.05) is 26.0 Å². The first-order chi connectivity index (χ1) is 14.1. The molecule has 0 saturated carbocycles. The Morgan fingerprint density at radius 1 is 1.17 bits per heavy atom. The lowest BCUT2D eigenvalue weighted by Gasteiger charge is -2.17. The second-order valence-electron chi connectivity index (χ2n) is 6.40. The third kappa shape index (κ3) is 5.50. The van der Waals surface area contributed by atoms with E-state index in [-0.39, 0.29) is 15.5 Å². The molecule has 162 valence electrons. The van der Waals surface area contributed by atoms with Crippen molar-refractivity contribution < 1.29 is 27.5 Å². The monoisotopic (exact) mass is 454 g/mol. The number of hydrogen-bond acceptors (Lipinski definition) is 6. The standard InChI is InChI=1S/C20H23ClN2O6S/c1-5-28-18-9-7-6-8-17(18)22-19(24)13(2)29-20(25)15-12-14(10-11-16(15)21)30(26,27)23(3)4/h6-13H,5H2,1-4H3,(H,22,24). The van der Waals surface area contributed by atoms with Gasteiger partial charge in [0.25, 0.3) is 5.91 Å². The number of hydrogen-bond donors (Lipinski definition) is 1. The van der Waals surface area contributed by atoms with E-state index in [1.165, 1.54) is 33.2 Å². The lowest BCUT2D eigenvalue weighted by atomic mass is 10.2. The minimum Gasteiger partial charge on any atom is -0.492 e. The van der Waals surface area contributed by atoms with E-state index < -0.39 is 28.0 Å². The van der Waals surface area contributed by atoms with Gasteiger partial charge in [-0.1, -0.05) is 23.7 Å². The number of halogens is 1. The zero-order valence-electron chi connectivity index (χ0n) is 17.0. The Morgan fingerprint density at radius 2 is 1.83 bits per heavy atom. The topological polar surface area (TPSA) is 102 Å². The maximum atomic E-state index is 12.5. The Kier molecular flexibility index (Phi) is 7.83. The Labute approximate surface area is 180 Å². The van der Waals surface area contributed by atoms with E-state index in [9.17, 15) is 18.0 Å². The Hall–Kier alpha value is -2.62. The van der Waals surface area contributed by atoms with Crippen LogP contribution in [0.4, 0.5) is 5.69 Å². The first-order valence-corrected chi connectivity index (χ1v) is 10.9. The number of ether oxygens (including phenoxy) is 2. The summed E-state index contributed by atoms with van der Waals surface area (Å²) in [5.41, 5.74) is 0.276. The van der Waals surface area contributed by atoms with Crippen molar-refractivity contribution in [1.29, 1.82) is 0 Å². The molecular formula is C20H23ClN2O6S. The van der Waals surface area contributed by atoms with Gasteiger partial charge in [-0.3, -0.25) is 4.79 Å². The molecule has 2 rings (SSSR count). The molecule has 1 unspecified atom stereocenters. The SMILES string of the molecule is CCOc1ccccc1NC(=O)C(C)OC(=O)c1cc(S(=O)(=O)N(C)C)ccc1Cl. The molecule has 0 spiro atoms. The zero-order valence-corrected chi connectivity index (χ0v) is 18.6. The van der Waals surface area contributed by atoms with Crippen LogP contribution in [0.5, 0.6) is 5.75 Å². The van der Waals surface area contributed by atoms with Crippen molar-refractivity contribution in [3.63, 3.8) is 0 Å². The van der Waals surface area contributed by atoms with Gasteiger partial charge < -0.3 is 14.8 Å². The summed E-state index contributed by atoms with van der Waals surface area (Å²) in [6, 6.07) is 10.5. The molecule has 0 aliphatic heterocycles. The van der Waals surface area contributed by atoms with Crippen molar-refractivity contribution in [1.82, 2.24) is 4.31 Å². The fourth-order valence-electron chi connectivity index (χ4n) is 2.40. The fraction of sp³-hybridized carbons (Fsp3) is 0.300. The normalized spacial score (nSPS) is 12.3. The number of carbonyl (C=O) groups is 2. The molecule has 30 heavy (non-hydrogen) atoms. The van der Waals surface area contributed by atoms with Gasteiger partial charge in [0.05, 0.1) is 27.8 Å². The molecule has 8 nitrogen and oxygen atoms in total. The van der Waals surface area contributed by atoms with Crippen molar-refractivity contribution in [3.8, 4) is 5.75 Å². The number of esters is 1. The Bertz CT molecular complexity index is 1040. The van der Waals surface area contributed by atoms with Gasteiger partial charge in [-0.25, -0.2) is 17.5 Å². The van der Waals surface area contributed by atoms with Crippen LogP contribution < -0.4 is 10.1 Å². The molecule has 1 N–H and O–H groups in total. The van der Waals surface area contributed by atoms with Crippen LogP contribution in [-0.2, 0) is 19.6 Å². The number of nitrogens with one attached hydrogen (secondary N) is 1. The number of para-hydroxylation sites is 2. The minimum atomic E-state index is -3.77. The highest BCUT2D eigenvalue weighted by Crippen LogP contribution is 2.25. The van der Waals surface area contributed by atoms with Crippen LogP contribution in [0.2, 0.25) is 5.02 Å². The highest BCUT2D eigenvalue weighted by atomic mass is 35.5. The van der Waals surface area contributed by atoms with Crippen molar-refractivity contribution in [2.24, 2.45) is 0 Å². The van der Waals surface area contributed by atoms with Gasteiger partial charge >= 0.3 is 5.97 Å². The maximum absolute atomic E-state index is 12.5. The fourth-order valence-corrected chi connectivity index (χ4v) is 3.52. The van der Waals surface area contributed by atoms with E-state index in [1.54, 1.807) is 24.3 Å². The predicted molar refractivity (Wildman–Crippen MR) is 113 cm³/mol. The molecule has 0 fully saturated rings. The van der Waals surface area contributed by atoms with Gasteiger partial charge in [0.2, 0.25) is 10.0 Å². The number of benzene rings is 2. The van der Waals surface area contributed by atoms with Crippen LogP contribution in [0.3, 0.4) is 0 Å². The quantitative estimate of drug-likeness (QED) is 0.614. The summed E-state index contributed by atoms with van der Waals surface area (Å²) in [5, 5.41) is 2.65. The van der Waals surface area contributed by atoms with Crippen LogP contribution in [-0.4, -0.2) is 51.4 Å². The molecule has 2 aromatic carbocycles. The zero-order chi connectivity index (χ0) is 22.5. The molecule has 0 heterocycles.